The van der Waals surface area contributed by atoms with Crippen molar-refractivity contribution in [2.75, 3.05) is 19.6 Å². The second-order valence-electron chi connectivity index (χ2n) is 7.12. The van der Waals surface area contributed by atoms with Gasteiger partial charge in [-0.15, -0.1) is 0 Å². The van der Waals surface area contributed by atoms with E-state index in [2.05, 4.69) is 51.8 Å². The highest BCUT2D eigenvalue weighted by Gasteiger charge is 2.34. The first-order valence-electron chi connectivity index (χ1n) is 9.00. The molecule has 2 nitrogen and oxygen atoms in total. The summed E-state index contributed by atoms with van der Waals surface area (Å²) >= 11 is 0. The summed E-state index contributed by atoms with van der Waals surface area (Å²) in [5, 5.41) is 3.84. The Kier molecular flexibility index (Phi) is 8.13. The molecule has 1 fully saturated rings. The Morgan fingerprint density at radius 2 is 1.85 bits per heavy atom. The zero-order valence-corrected chi connectivity index (χ0v) is 14.8. The Morgan fingerprint density at radius 3 is 2.40 bits per heavy atom. The van der Waals surface area contributed by atoms with Gasteiger partial charge in [0.2, 0.25) is 0 Å². The van der Waals surface area contributed by atoms with E-state index in [1.807, 2.05) is 0 Å². The fourth-order valence-corrected chi connectivity index (χ4v) is 3.93. The van der Waals surface area contributed by atoms with Gasteiger partial charge in [0.1, 0.15) is 0 Å². The Bertz CT molecular complexity index is 254. The third kappa shape index (κ3) is 5.04. The van der Waals surface area contributed by atoms with Crippen molar-refractivity contribution in [3.05, 3.63) is 0 Å². The fourth-order valence-electron chi connectivity index (χ4n) is 3.93. The molecule has 120 valence electrons. The number of nitrogens with one attached hydrogen (secondary N) is 1. The van der Waals surface area contributed by atoms with Crippen molar-refractivity contribution in [3.8, 4) is 0 Å². The van der Waals surface area contributed by atoms with Crippen LogP contribution in [0.4, 0.5) is 0 Å². The number of hydrogen-bond donors (Lipinski definition) is 1. The largest absolute Gasteiger partial charge is 0.314 e. The lowest BCUT2D eigenvalue weighted by Crippen LogP contribution is -2.50. The fraction of sp³-hybridized carbons (Fsp3) is 1.00. The molecule has 1 N–H and O–H groups in total. The third-order valence-corrected chi connectivity index (χ3v) is 5.40. The van der Waals surface area contributed by atoms with E-state index >= 15 is 0 Å². The summed E-state index contributed by atoms with van der Waals surface area (Å²) in [4.78, 5) is 2.69. The summed E-state index contributed by atoms with van der Waals surface area (Å²) in [6.45, 7) is 17.8. The highest BCUT2D eigenvalue weighted by molar-refractivity contribution is 4.89. The van der Waals surface area contributed by atoms with Crippen LogP contribution in [-0.4, -0.2) is 36.6 Å². The molecule has 1 aliphatic rings. The van der Waals surface area contributed by atoms with E-state index in [4.69, 9.17) is 0 Å². The molecule has 0 heterocycles. The van der Waals surface area contributed by atoms with Crippen LogP contribution in [0.2, 0.25) is 0 Å². The van der Waals surface area contributed by atoms with Crippen molar-refractivity contribution in [1.82, 2.24) is 10.2 Å². The van der Waals surface area contributed by atoms with E-state index < -0.39 is 0 Å². The molecule has 0 aromatic carbocycles. The Morgan fingerprint density at radius 1 is 1.15 bits per heavy atom. The van der Waals surface area contributed by atoms with Crippen LogP contribution in [0.1, 0.15) is 67.2 Å². The van der Waals surface area contributed by atoms with E-state index in [1.54, 1.807) is 0 Å². The van der Waals surface area contributed by atoms with Crippen molar-refractivity contribution in [2.24, 2.45) is 17.8 Å². The molecule has 1 aliphatic carbocycles. The van der Waals surface area contributed by atoms with Crippen LogP contribution in [0, 0.1) is 17.8 Å². The normalized spacial score (nSPS) is 32.5. The van der Waals surface area contributed by atoms with Gasteiger partial charge in [0.15, 0.2) is 0 Å². The zero-order chi connectivity index (χ0) is 15.1. The van der Waals surface area contributed by atoms with E-state index in [1.165, 1.54) is 45.3 Å². The monoisotopic (exact) mass is 282 g/mol. The van der Waals surface area contributed by atoms with Crippen LogP contribution in [-0.2, 0) is 0 Å². The molecule has 0 aromatic rings. The van der Waals surface area contributed by atoms with Crippen molar-refractivity contribution >= 4 is 0 Å². The molecule has 0 spiro atoms. The van der Waals surface area contributed by atoms with Crippen molar-refractivity contribution in [3.63, 3.8) is 0 Å². The summed E-state index contributed by atoms with van der Waals surface area (Å²) < 4.78 is 0. The van der Waals surface area contributed by atoms with Gasteiger partial charge in [-0.05, 0) is 63.5 Å². The summed E-state index contributed by atoms with van der Waals surface area (Å²) in [6.07, 6.45) is 5.29. The molecule has 5 atom stereocenters. The Labute approximate surface area is 127 Å². The summed E-state index contributed by atoms with van der Waals surface area (Å²) in [7, 11) is 0. The number of rotatable bonds is 8. The van der Waals surface area contributed by atoms with E-state index in [9.17, 15) is 0 Å². The standard InChI is InChI=1S/C18H38N2/c1-7-10-19-18-12-14(4)11-15(5)17(18)13-20(9-3)16(6)8-2/h14-19H,7-13H2,1-6H3. The lowest BCUT2D eigenvalue weighted by molar-refractivity contribution is 0.0853. The van der Waals surface area contributed by atoms with Crippen LogP contribution < -0.4 is 5.32 Å². The van der Waals surface area contributed by atoms with Crippen molar-refractivity contribution < 1.29 is 0 Å². The quantitative estimate of drug-likeness (QED) is 0.719. The molecular weight excluding hydrogens is 244 g/mol. The second-order valence-corrected chi connectivity index (χ2v) is 7.12. The van der Waals surface area contributed by atoms with Gasteiger partial charge < -0.3 is 10.2 Å². The highest BCUT2D eigenvalue weighted by Crippen LogP contribution is 2.34. The summed E-state index contributed by atoms with van der Waals surface area (Å²) in [6, 6.07) is 1.45. The predicted octanol–water partition coefficient (Wildman–Crippen LogP) is 4.16. The topological polar surface area (TPSA) is 15.3 Å². The van der Waals surface area contributed by atoms with Crippen LogP contribution in [0.25, 0.3) is 0 Å². The maximum Gasteiger partial charge on any atom is 0.0113 e. The lowest BCUT2D eigenvalue weighted by atomic mass is 9.72. The van der Waals surface area contributed by atoms with Gasteiger partial charge in [0, 0.05) is 18.6 Å². The van der Waals surface area contributed by atoms with E-state index in [-0.39, 0.29) is 0 Å². The molecule has 0 bridgehead atoms. The SMILES string of the molecule is CCCNC1CC(C)CC(C)C1CN(CC)C(C)CC. The van der Waals surface area contributed by atoms with Gasteiger partial charge in [-0.2, -0.15) is 0 Å². The highest BCUT2D eigenvalue weighted by atomic mass is 15.2. The second kappa shape index (κ2) is 9.04. The molecule has 0 aliphatic heterocycles. The first-order valence-corrected chi connectivity index (χ1v) is 9.00. The number of nitrogens with zero attached hydrogens (tertiary/aromatic N) is 1. The first-order chi connectivity index (χ1) is 9.53. The zero-order valence-electron chi connectivity index (χ0n) is 14.8. The molecule has 1 rings (SSSR count). The van der Waals surface area contributed by atoms with Gasteiger partial charge in [-0.1, -0.05) is 34.6 Å². The van der Waals surface area contributed by atoms with Gasteiger partial charge >= 0.3 is 0 Å². The lowest BCUT2D eigenvalue weighted by Gasteiger charge is -2.43. The van der Waals surface area contributed by atoms with E-state index in [0.717, 1.165) is 29.8 Å². The van der Waals surface area contributed by atoms with Crippen LogP contribution >= 0.6 is 0 Å². The first kappa shape index (κ1) is 18.0. The molecule has 0 saturated heterocycles. The molecule has 5 unspecified atom stereocenters. The van der Waals surface area contributed by atoms with Gasteiger partial charge in [-0.3, -0.25) is 0 Å². The Hall–Kier alpha value is -0.0800. The van der Waals surface area contributed by atoms with E-state index in [0.29, 0.717) is 0 Å². The average Bonchev–Trinajstić information content (AvgIpc) is 2.43. The van der Waals surface area contributed by atoms with Crippen molar-refractivity contribution in [1.29, 1.82) is 0 Å². The predicted molar refractivity (Wildman–Crippen MR) is 90.1 cm³/mol. The summed E-state index contributed by atoms with van der Waals surface area (Å²) in [5.74, 6) is 2.56. The molecule has 20 heavy (non-hydrogen) atoms. The molecule has 1 saturated carbocycles. The minimum atomic E-state index is 0.721. The third-order valence-electron chi connectivity index (χ3n) is 5.40. The molecule has 0 radical (unpaired) electrons. The molecule has 2 heteroatoms. The Balaban J connectivity index is 2.69. The maximum absolute atomic E-state index is 3.84. The smallest absolute Gasteiger partial charge is 0.0113 e. The minimum absolute atomic E-state index is 0.721. The molecular formula is C18H38N2. The minimum Gasteiger partial charge on any atom is -0.314 e. The van der Waals surface area contributed by atoms with Crippen LogP contribution in [0.3, 0.4) is 0 Å². The molecule has 0 aromatic heterocycles. The summed E-state index contributed by atoms with van der Waals surface area (Å²) in [5.41, 5.74) is 0. The number of hydrogen-bond acceptors (Lipinski definition) is 2. The van der Waals surface area contributed by atoms with Gasteiger partial charge in [-0.25, -0.2) is 0 Å². The van der Waals surface area contributed by atoms with Gasteiger partial charge in [0.25, 0.3) is 0 Å². The average molecular weight is 283 g/mol. The van der Waals surface area contributed by atoms with Gasteiger partial charge in [0.05, 0.1) is 0 Å². The van der Waals surface area contributed by atoms with Crippen molar-refractivity contribution in [2.45, 2.75) is 79.3 Å². The van der Waals surface area contributed by atoms with Crippen LogP contribution in [0.5, 0.6) is 0 Å². The van der Waals surface area contributed by atoms with Crippen LogP contribution in [0.15, 0.2) is 0 Å². The molecule has 0 amide bonds. The maximum atomic E-state index is 3.84.